The number of anilines is 2. The smallest absolute Gasteiger partial charge is 0.148 e. The van der Waals surface area contributed by atoms with Crippen molar-refractivity contribution in [1.29, 1.82) is 0 Å². The summed E-state index contributed by atoms with van der Waals surface area (Å²) in [7, 11) is 0. The normalized spacial score (nSPS) is 10.3. The van der Waals surface area contributed by atoms with E-state index in [9.17, 15) is 0 Å². The number of aryl methyl sites for hydroxylation is 2. The maximum atomic E-state index is 4.32. The second-order valence-electron chi connectivity index (χ2n) is 3.21. The van der Waals surface area contributed by atoms with Gasteiger partial charge in [0.05, 0.1) is 10.2 Å². The van der Waals surface area contributed by atoms with E-state index < -0.39 is 0 Å². The number of rotatable bonds is 2. The lowest BCUT2D eigenvalue weighted by molar-refractivity contribution is 1.05. The summed E-state index contributed by atoms with van der Waals surface area (Å²) >= 11 is 5.09. The number of hydrogen-bond donors (Lipinski definition) is 1. The zero-order chi connectivity index (χ0) is 10.8. The first-order valence-electron chi connectivity index (χ1n) is 4.46. The molecule has 0 bridgehead atoms. The molecule has 2 rings (SSSR count). The standard InChI is InChI=1S/C10H10BrN3S/c1-6-4-15-5-9(6)14-10-8(11)3-12-7(2)13-10/h3-5H,1-2H3,(H,12,13,14). The van der Waals surface area contributed by atoms with Crippen LogP contribution in [0.25, 0.3) is 0 Å². The molecule has 0 radical (unpaired) electrons. The molecule has 2 aromatic rings. The minimum Gasteiger partial charge on any atom is -0.338 e. The van der Waals surface area contributed by atoms with Gasteiger partial charge in [-0.25, -0.2) is 9.97 Å². The number of hydrogen-bond acceptors (Lipinski definition) is 4. The molecule has 0 saturated carbocycles. The maximum absolute atomic E-state index is 4.32. The van der Waals surface area contributed by atoms with Crippen LogP contribution >= 0.6 is 27.3 Å². The lowest BCUT2D eigenvalue weighted by atomic mass is 10.3. The third-order valence-corrected chi connectivity index (χ3v) is 3.41. The molecule has 0 aromatic carbocycles. The van der Waals surface area contributed by atoms with Crippen molar-refractivity contribution in [2.75, 3.05) is 5.32 Å². The van der Waals surface area contributed by atoms with E-state index in [1.165, 1.54) is 5.56 Å². The Hall–Kier alpha value is -0.940. The van der Waals surface area contributed by atoms with Crippen LogP contribution in [0.4, 0.5) is 11.5 Å². The van der Waals surface area contributed by atoms with E-state index in [1.807, 2.05) is 6.92 Å². The Bertz CT molecular complexity index is 481. The summed E-state index contributed by atoms with van der Waals surface area (Å²) in [4.78, 5) is 8.42. The highest BCUT2D eigenvalue weighted by Crippen LogP contribution is 2.27. The summed E-state index contributed by atoms with van der Waals surface area (Å²) in [5.74, 6) is 1.57. The van der Waals surface area contributed by atoms with Crippen LogP contribution in [0.15, 0.2) is 21.4 Å². The van der Waals surface area contributed by atoms with Gasteiger partial charge in [-0.3, -0.25) is 0 Å². The quantitative estimate of drug-likeness (QED) is 0.914. The molecule has 2 aromatic heterocycles. The predicted molar refractivity (Wildman–Crippen MR) is 66.8 cm³/mol. The molecule has 0 aliphatic carbocycles. The molecule has 5 heteroatoms. The summed E-state index contributed by atoms with van der Waals surface area (Å²) < 4.78 is 0.874. The van der Waals surface area contributed by atoms with Crippen LogP contribution < -0.4 is 5.32 Å². The number of aromatic nitrogens is 2. The zero-order valence-corrected chi connectivity index (χ0v) is 10.8. The van der Waals surface area contributed by atoms with Gasteiger partial charge in [0, 0.05) is 11.6 Å². The molecule has 0 amide bonds. The van der Waals surface area contributed by atoms with Gasteiger partial charge in [-0.15, -0.1) is 11.3 Å². The Balaban J connectivity index is 2.32. The van der Waals surface area contributed by atoms with Crippen LogP contribution in [0.3, 0.4) is 0 Å². The first kappa shape index (κ1) is 10.6. The molecule has 2 heterocycles. The highest BCUT2D eigenvalue weighted by atomic mass is 79.9. The molecular weight excluding hydrogens is 274 g/mol. The molecule has 3 nitrogen and oxygen atoms in total. The summed E-state index contributed by atoms with van der Waals surface area (Å²) in [5, 5.41) is 7.44. The van der Waals surface area contributed by atoms with Crippen LogP contribution in [0.5, 0.6) is 0 Å². The minimum absolute atomic E-state index is 0.758. The predicted octanol–water partition coefficient (Wildman–Crippen LogP) is 3.66. The van der Waals surface area contributed by atoms with Crippen LogP contribution in [0, 0.1) is 13.8 Å². The Labute approximate surface area is 101 Å². The van der Waals surface area contributed by atoms with Crippen molar-refractivity contribution in [1.82, 2.24) is 9.97 Å². The third kappa shape index (κ3) is 2.35. The van der Waals surface area contributed by atoms with E-state index in [4.69, 9.17) is 0 Å². The molecule has 1 N–H and O–H groups in total. The van der Waals surface area contributed by atoms with Crippen LogP contribution in [-0.4, -0.2) is 9.97 Å². The lowest BCUT2D eigenvalue weighted by Crippen LogP contribution is -1.97. The molecule has 0 fully saturated rings. The highest BCUT2D eigenvalue weighted by Gasteiger charge is 2.05. The van der Waals surface area contributed by atoms with Gasteiger partial charge in [-0.05, 0) is 40.7 Å². The van der Waals surface area contributed by atoms with E-state index in [2.05, 4.69) is 48.9 Å². The molecule has 15 heavy (non-hydrogen) atoms. The van der Waals surface area contributed by atoms with Gasteiger partial charge < -0.3 is 5.32 Å². The molecule has 0 atom stereocenters. The van der Waals surface area contributed by atoms with E-state index in [1.54, 1.807) is 17.5 Å². The first-order chi connectivity index (χ1) is 7.16. The molecule has 0 aliphatic heterocycles. The second-order valence-corrected chi connectivity index (χ2v) is 4.81. The third-order valence-electron chi connectivity index (χ3n) is 1.97. The summed E-state index contributed by atoms with van der Waals surface area (Å²) in [5.41, 5.74) is 2.32. The van der Waals surface area contributed by atoms with Gasteiger partial charge >= 0.3 is 0 Å². The number of thiophene rings is 1. The van der Waals surface area contributed by atoms with Crippen molar-refractivity contribution in [2.45, 2.75) is 13.8 Å². The SMILES string of the molecule is Cc1ncc(Br)c(Nc2cscc2C)n1. The average Bonchev–Trinajstić information content (AvgIpc) is 2.58. The fourth-order valence-electron chi connectivity index (χ4n) is 1.16. The maximum Gasteiger partial charge on any atom is 0.148 e. The lowest BCUT2D eigenvalue weighted by Gasteiger charge is -2.06. The van der Waals surface area contributed by atoms with E-state index >= 15 is 0 Å². The van der Waals surface area contributed by atoms with Gasteiger partial charge in [0.1, 0.15) is 11.6 Å². The number of nitrogens with zero attached hydrogens (tertiary/aromatic N) is 2. The van der Waals surface area contributed by atoms with Crippen molar-refractivity contribution in [2.24, 2.45) is 0 Å². The molecule has 0 unspecified atom stereocenters. The van der Waals surface area contributed by atoms with Crippen LogP contribution in [0.1, 0.15) is 11.4 Å². The summed E-state index contributed by atoms with van der Waals surface area (Å²) in [6.07, 6.45) is 1.76. The van der Waals surface area contributed by atoms with Crippen molar-refractivity contribution >= 4 is 38.8 Å². The Morgan fingerprint density at radius 1 is 1.33 bits per heavy atom. The zero-order valence-electron chi connectivity index (χ0n) is 8.41. The van der Waals surface area contributed by atoms with Gasteiger partial charge in [-0.2, -0.15) is 0 Å². The number of nitrogens with one attached hydrogen (secondary N) is 1. The molecular formula is C10H10BrN3S. The average molecular weight is 284 g/mol. The van der Waals surface area contributed by atoms with Crippen molar-refractivity contribution in [3.63, 3.8) is 0 Å². The highest BCUT2D eigenvalue weighted by molar-refractivity contribution is 9.10. The Morgan fingerprint density at radius 2 is 2.13 bits per heavy atom. The molecule has 0 saturated heterocycles. The molecule has 78 valence electrons. The van der Waals surface area contributed by atoms with E-state index in [0.717, 1.165) is 21.8 Å². The monoisotopic (exact) mass is 283 g/mol. The Morgan fingerprint density at radius 3 is 2.80 bits per heavy atom. The van der Waals surface area contributed by atoms with E-state index in [0.29, 0.717) is 0 Å². The fraction of sp³-hybridized carbons (Fsp3) is 0.200. The van der Waals surface area contributed by atoms with Gasteiger partial charge in [0.15, 0.2) is 0 Å². The number of halogens is 1. The van der Waals surface area contributed by atoms with Crippen molar-refractivity contribution in [3.05, 3.63) is 32.8 Å². The summed E-state index contributed by atoms with van der Waals surface area (Å²) in [6.45, 7) is 3.94. The van der Waals surface area contributed by atoms with Gasteiger partial charge in [0.2, 0.25) is 0 Å². The fourth-order valence-corrected chi connectivity index (χ4v) is 2.23. The molecule has 0 spiro atoms. The second kappa shape index (κ2) is 4.28. The van der Waals surface area contributed by atoms with Crippen molar-refractivity contribution in [3.8, 4) is 0 Å². The minimum atomic E-state index is 0.758. The van der Waals surface area contributed by atoms with Crippen LogP contribution in [0.2, 0.25) is 0 Å². The van der Waals surface area contributed by atoms with Crippen LogP contribution in [-0.2, 0) is 0 Å². The van der Waals surface area contributed by atoms with Gasteiger partial charge in [0.25, 0.3) is 0 Å². The largest absolute Gasteiger partial charge is 0.338 e. The first-order valence-corrected chi connectivity index (χ1v) is 6.19. The Kier molecular flexibility index (Phi) is 3.02. The van der Waals surface area contributed by atoms with E-state index in [-0.39, 0.29) is 0 Å². The summed E-state index contributed by atoms with van der Waals surface area (Å²) in [6, 6.07) is 0. The topological polar surface area (TPSA) is 37.8 Å². The molecule has 0 aliphatic rings. The van der Waals surface area contributed by atoms with Gasteiger partial charge in [-0.1, -0.05) is 0 Å². The van der Waals surface area contributed by atoms with Crippen molar-refractivity contribution < 1.29 is 0 Å².